The minimum atomic E-state index is -3.88. The number of rotatable bonds is 6. The molecule has 2 amide bonds. The van der Waals surface area contributed by atoms with Crippen LogP contribution in [-0.4, -0.2) is 54.5 Å². The molecule has 168 valence electrons. The molecule has 0 unspecified atom stereocenters. The summed E-state index contributed by atoms with van der Waals surface area (Å²) in [5.41, 5.74) is 0.135. The second-order valence-corrected chi connectivity index (χ2v) is 9.73. The molecule has 0 radical (unpaired) electrons. The third-order valence-corrected chi connectivity index (χ3v) is 7.65. The summed E-state index contributed by atoms with van der Waals surface area (Å²) >= 11 is 12.4. The van der Waals surface area contributed by atoms with Gasteiger partial charge in [0.15, 0.2) is 5.69 Å². The third-order valence-electron chi connectivity index (χ3n) is 4.98. The van der Waals surface area contributed by atoms with Gasteiger partial charge in [-0.2, -0.15) is 9.40 Å². The number of nitrogens with zero attached hydrogens (tertiary/aromatic N) is 3. The highest BCUT2D eigenvalue weighted by Crippen LogP contribution is 2.32. The fourth-order valence-corrected chi connectivity index (χ4v) is 5.65. The van der Waals surface area contributed by atoms with Crippen molar-refractivity contribution < 1.29 is 18.0 Å². The Morgan fingerprint density at radius 2 is 1.77 bits per heavy atom. The van der Waals surface area contributed by atoms with Crippen LogP contribution in [0.2, 0.25) is 10.0 Å². The van der Waals surface area contributed by atoms with E-state index in [0.717, 1.165) is 19.3 Å². The molecule has 0 saturated carbocycles. The summed E-state index contributed by atoms with van der Waals surface area (Å²) in [6.45, 7) is 3.11. The molecule has 1 fully saturated rings. The number of anilines is 1. The Hall–Kier alpha value is -2.14. The van der Waals surface area contributed by atoms with Gasteiger partial charge in [-0.1, -0.05) is 29.6 Å². The Morgan fingerprint density at radius 1 is 1.10 bits per heavy atom. The number of hydrogen-bond acceptors (Lipinski definition) is 5. The summed E-state index contributed by atoms with van der Waals surface area (Å²) in [6.07, 6.45) is 4.01. The Balaban J connectivity index is 1.97. The van der Waals surface area contributed by atoms with Crippen LogP contribution < -0.4 is 10.6 Å². The summed E-state index contributed by atoms with van der Waals surface area (Å²) in [6, 6.07) is 2.41. The van der Waals surface area contributed by atoms with Gasteiger partial charge in [0.1, 0.15) is 4.90 Å². The van der Waals surface area contributed by atoms with Gasteiger partial charge in [0.2, 0.25) is 10.0 Å². The van der Waals surface area contributed by atoms with E-state index in [2.05, 4.69) is 15.7 Å². The first-order chi connectivity index (χ1) is 14.7. The predicted octanol–water partition coefficient (Wildman–Crippen LogP) is 3.00. The van der Waals surface area contributed by atoms with Crippen LogP contribution in [0.3, 0.4) is 0 Å². The highest BCUT2D eigenvalue weighted by molar-refractivity contribution is 7.89. The lowest BCUT2D eigenvalue weighted by Gasteiger charge is -2.26. The Kier molecular flexibility index (Phi) is 7.25. The molecule has 2 N–H and O–H groups in total. The number of nitrogens with one attached hydrogen (secondary N) is 2. The van der Waals surface area contributed by atoms with Gasteiger partial charge in [-0.3, -0.25) is 14.3 Å². The van der Waals surface area contributed by atoms with E-state index in [9.17, 15) is 18.0 Å². The maximum absolute atomic E-state index is 13.1. The van der Waals surface area contributed by atoms with Crippen molar-refractivity contribution in [1.82, 2.24) is 19.4 Å². The topological polar surface area (TPSA) is 113 Å². The van der Waals surface area contributed by atoms with Gasteiger partial charge in [-0.25, -0.2) is 8.42 Å². The molecule has 2 heterocycles. The molecule has 0 bridgehead atoms. The van der Waals surface area contributed by atoms with E-state index in [1.807, 2.05) is 6.92 Å². The summed E-state index contributed by atoms with van der Waals surface area (Å²) in [5.74, 6) is -1.16. The average Bonchev–Trinajstić information content (AvgIpc) is 3.16. The van der Waals surface area contributed by atoms with Crippen LogP contribution in [0.25, 0.3) is 0 Å². The van der Waals surface area contributed by atoms with Crippen molar-refractivity contribution in [2.24, 2.45) is 0 Å². The number of carbonyl (C=O) groups excluding carboxylic acids is 2. The Bertz CT molecular complexity index is 1110. The maximum atomic E-state index is 13.1. The van der Waals surface area contributed by atoms with Crippen molar-refractivity contribution in [1.29, 1.82) is 0 Å². The molecular weight excluding hydrogens is 465 g/mol. The fraction of sp³-hybridized carbons (Fsp3) is 0.421. The highest BCUT2D eigenvalue weighted by atomic mass is 35.5. The summed E-state index contributed by atoms with van der Waals surface area (Å²) < 4.78 is 29.0. The van der Waals surface area contributed by atoms with E-state index in [1.54, 1.807) is 0 Å². The lowest BCUT2D eigenvalue weighted by molar-refractivity contribution is 0.0958. The van der Waals surface area contributed by atoms with Gasteiger partial charge in [0.05, 0.1) is 21.3 Å². The summed E-state index contributed by atoms with van der Waals surface area (Å²) in [4.78, 5) is 24.9. The van der Waals surface area contributed by atoms with Crippen molar-refractivity contribution in [2.75, 3.05) is 25.5 Å². The standard InChI is InChI=1S/C19H23Cl2N5O4S/c1-3-25-11-15(17(24-25)19(28)22-2)23-18(27)12-9-16(14(21)10-13(12)20)31(29,30)26-7-5-4-6-8-26/h9-11H,3-8H2,1-2H3,(H,22,28)(H,23,27). The zero-order chi connectivity index (χ0) is 22.8. The van der Waals surface area contributed by atoms with Crippen LogP contribution in [-0.2, 0) is 16.6 Å². The zero-order valence-corrected chi connectivity index (χ0v) is 19.4. The zero-order valence-electron chi connectivity index (χ0n) is 17.1. The van der Waals surface area contributed by atoms with Crippen LogP contribution >= 0.6 is 23.2 Å². The SMILES string of the molecule is CCn1cc(NC(=O)c2cc(S(=O)(=O)N3CCCCC3)c(Cl)cc2Cl)c(C(=O)NC)n1. The number of piperidine rings is 1. The fourth-order valence-electron chi connectivity index (χ4n) is 3.30. The first-order valence-corrected chi connectivity index (χ1v) is 12.0. The van der Waals surface area contributed by atoms with E-state index >= 15 is 0 Å². The highest BCUT2D eigenvalue weighted by Gasteiger charge is 2.30. The normalized spacial score (nSPS) is 15.0. The van der Waals surface area contributed by atoms with E-state index in [1.165, 1.54) is 34.4 Å². The first kappa shape index (κ1) is 23.5. The maximum Gasteiger partial charge on any atom is 0.273 e. The Labute approximate surface area is 190 Å². The molecule has 9 nitrogen and oxygen atoms in total. The van der Waals surface area contributed by atoms with Crippen molar-refractivity contribution >= 4 is 50.7 Å². The van der Waals surface area contributed by atoms with Gasteiger partial charge < -0.3 is 10.6 Å². The smallest absolute Gasteiger partial charge is 0.273 e. The molecule has 1 aromatic carbocycles. The number of hydrogen-bond donors (Lipinski definition) is 2. The minimum Gasteiger partial charge on any atom is -0.354 e. The number of aryl methyl sites for hydroxylation is 1. The predicted molar refractivity (Wildman–Crippen MR) is 118 cm³/mol. The molecule has 0 atom stereocenters. The summed E-state index contributed by atoms with van der Waals surface area (Å²) in [5, 5.41) is 9.12. The Morgan fingerprint density at radius 3 is 2.39 bits per heavy atom. The molecule has 12 heteroatoms. The minimum absolute atomic E-state index is 0.00975. The average molecular weight is 488 g/mol. The van der Waals surface area contributed by atoms with Gasteiger partial charge in [0, 0.05) is 32.9 Å². The monoisotopic (exact) mass is 487 g/mol. The molecule has 1 aliphatic rings. The first-order valence-electron chi connectivity index (χ1n) is 9.79. The number of benzene rings is 1. The van der Waals surface area contributed by atoms with Crippen molar-refractivity contribution in [3.05, 3.63) is 39.6 Å². The molecule has 3 rings (SSSR count). The molecule has 1 aromatic heterocycles. The van der Waals surface area contributed by atoms with Gasteiger partial charge in [-0.15, -0.1) is 0 Å². The number of halogens is 2. The molecule has 0 aliphatic carbocycles. The van der Waals surface area contributed by atoms with E-state index < -0.39 is 21.8 Å². The second-order valence-electron chi connectivity index (χ2n) is 7.01. The van der Waals surface area contributed by atoms with Gasteiger partial charge in [0.25, 0.3) is 11.8 Å². The quantitative estimate of drug-likeness (QED) is 0.649. The molecule has 0 spiro atoms. The second kappa shape index (κ2) is 9.56. The molecule has 1 aliphatic heterocycles. The van der Waals surface area contributed by atoms with E-state index in [-0.39, 0.29) is 31.9 Å². The van der Waals surface area contributed by atoms with Crippen LogP contribution in [0.5, 0.6) is 0 Å². The van der Waals surface area contributed by atoms with E-state index in [0.29, 0.717) is 19.6 Å². The van der Waals surface area contributed by atoms with Gasteiger partial charge >= 0.3 is 0 Å². The van der Waals surface area contributed by atoms with Gasteiger partial charge in [-0.05, 0) is 31.9 Å². The van der Waals surface area contributed by atoms with Crippen molar-refractivity contribution in [3.8, 4) is 0 Å². The van der Waals surface area contributed by atoms with Crippen LogP contribution in [0.4, 0.5) is 5.69 Å². The molecule has 31 heavy (non-hydrogen) atoms. The number of carbonyl (C=O) groups is 2. The third kappa shape index (κ3) is 4.87. The molecule has 1 saturated heterocycles. The lowest BCUT2D eigenvalue weighted by atomic mass is 10.2. The molecule has 2 aromatic rings. The van der Waals surface area contributed by atoms with E-state index in [4.69, 9.17) is 23.2 Å². The lowest BCUT2D eigenvalue weighted by Crippen LogP contribution is -2.35. The number of amides is 2. The van der Waals surface area contributed by atoms with Crippen molar-refractivity contribution in [2.45, 2.75) is 37.6 Å². The number of aromatic nitrogens is 2. The number of sulfonamides is 1. The van der Waals surface area contributed by atoms with Crippen LogP contribution in [0.1, 0.15) is 47.0 Å². The van der Waals surface area contributed by atoms with Crippen LogP contribution in [0.15, 0.2) is 23.2 Å². The molecular formula is C19H23Cl2N5O4S. The summed E-state index contributed by atoms with van der Waals surface area (Å²) in [7, 11) is -2.43. The van der Waals surface area contributed by atoms with Crippen LogP contribution in [0, 0.1) is 0 Å². The largest absolute Gasteiger partial charge is 0.354 e. The van der Waals surface area contributed by atoms with Crippen molar-refractivity contribution in [3.63, 3.8) is 0 Å².